The smallest absolute Gasteiger partial charge is 0.323 e. The lowest BCUT2D eigenvalue weighted by molar-refractivity contribution is -0.138. The van der Waals surface area contributed by atoms with Gasteiger partial charge in [-0.3, -0.25) is 9.59 Å². The molecule has 0 saturated carbocycles. The number of benzene rings is 2. The summed E-state index contributed by atoms with van der Waals surface area (Å²) in [4.78, 5) is 33.7. The van der Waals surface area contributed by atoms with Crippen LogP contribution >= 0.6 is 0 Å². The number of anilines is 2. The Morgan fingerprint density at radius 2 is 1.68 bits per heavy atom. The molecule has 1 saturated heterocycles. The van der Waals surface area contributed by atoms with Crippen molar-refractivity contribution in [3.63, 3.8) is 0 Å². The van der Waals surface area contributed by atoms with Gasteiger partial charge in [0, 0.05) is 38.1 Å². The highest BCUT2D eigenvalue weighted by molar-refractivity contribution is 7.89. The van der Waals surface area contributed by atoms with Crippen molar-refractivity contribution in [1.29, 1.82) is 0 Å². The third kappa shape index (κ3) is 6.79. The lowest BCUT2D eigenvalue weighted by Crippen LogP contribution is -2.48. The predicted molar refractivity (Wildman–Crippen MR) is 139 cm³/mol. The molecule has 0 aliphatic carbocycles. The molecule has 3 aromatic rings. The molecule has 1 aliphatic heterocycles. The van der Waals surface area contributed by atoms with Crippen molar-refractivity contribution in [3.8, 4) is 5.75 Å². The van der Waals surface area contributed by atoms with Gasteiger partial charge in [-0.25, -0.2) is 27.2 Å². The normalized spacial score (nSPS) is 14.9. The molecule has 5 N–H and O–H groups in total. The van der Waals surface area contributed by atoms with Crippen LogP contribution < -0.4 is 20.3 Å². The zero-order valence-electron chi connectivity index (χ0n) is 20.9. The van der Waals surface area contributed by atoms with Crippen LogP contribution in [0, 0.1) is 11.6 Å². The minimum absolute atomic E-state index is 0.0199. The molecular weight excluding hydrogens is 550 g/mol. The number of amides is 1. The van der Waals surface area contributed by atoms with Crippen LogP contribution in [0.2, 0.25) is 0 Å². The van der Waals surface area contributed by atoms with E-state index in [1.807, 2.05) is 4.72 Å². The summed E-state index contributed by atoms with van der Waals surface area (Å²) in [6.45, 7) is 0.0711. The summed E-state index contributed by atoms with van der Waals surface area (Å²) in [5.41, 5.74) is -0.682. The number of aromatic nitrogens is 2. The van der Waals surface area contributed by atoms with Gasteiger partial charge in [-0.15, -0.1) is 0 Å². The molecule has 2 aromatic carbocycles. The summed E-state index contributed by atoms with van der Waals surface area (Å²) in [7, 11) is -4.33. The maximum Gasteiger partial charge on any atom is 0.323 e. The van der Waals surface area contributed by atoms with Gasteiger partial charge in [-0.05, 0) is 55.3 Å². The molecule has 4 rings (SSSR count). The molecule has 0 unspecified atom stereocenters. The number of carboxylic acids is 1. The number of carbonyl (C=O) groups is 2. The van der Waals surface area contributed by atoms with Crippen molar-refractivity contribution in [3.05, 3.63) is 72.1 Å². The zero-order chi connectivity index (χ0) is 28.9. The quantitative estimate of drug-likeness (QED) is 0.239. The highest BCUT2D eigenvalue weighted by Gasteiger charge is 2.28. The van der Waals surface area contributed by atoms with Gasteiger partial charge >= 0.3 is 5.97 Å². The number of halogens is 2. The van der Waals surface area contributed by atoms with Gasteiger partial charge in [0.25, 0.3) is 5.91 Å². The van der Waals surface area contributed by atoms with E-state index in [1.165, 1.54) is 6.07 Å². The maximum absolute atomic E-state index is 15.0. The number of aromatic hydroxyl groups is 1. The number of carbonyl (C=O) groups excluding carboxylic acids is 1. The van der Waals surface area contributed by atoms with Gasteiger partial charge in [-0.2, -0.15) is 4.72 Å². The topological polar surface area (TPSA) is 174 Å². The summed E-state index contributed by atoms with van der Waals surface area (Å²) in [6.07, 6.45) is 4.44. The Labute approximate surface area is 228 Å². The zero-order valence-corrected chi connectivity index (χ0v) is 21.7. The molecule has 15 heteroatoms. The molecular formula is C25H26F2N6O6S. The van der Waals surface area contributed by atoms with Crippen molar-refractivity contribution in [2.75, 3.05) is 29.9 Å². The third-order valence-electron chi connectivity index (χ3n) is 6.25. The lowest BCUT2D eigenvalue weighted by Gasteiger charge is -2.34. The standard InChI is InChI=1S/C25H26F2N6O6S/c26-21-18(23(35)30-14-19(24(36)37)32-40(38,39)17-4-2-16(34)3-5-17)6-7-20(22(21)27)33-12-8-15(9-13-33)31-25-28-10-1-11-29-25/h1-7,10-11,15,19,32,34H,8-9,12-14H2,(H,30,35)(H,36,37)(H,28,29,31)/t19-/m0/s1. The number of carboxylic acid groups (broad SMARTS) is 1. The predicted octanol–water partition coefficient (Wildman–Crippen LogP) is 1.70. The van der Waals surface area contributed by atoms with E-state index < -0.39 is 51.7 Å². The molecule has 2 heterocycles. The Morgan fingerprint density at radius 1 is 1.02 bits per heavy atom. The molecule has 1 amide bonds. The Bertz CT molecular complexity index is 1470. The largest absolute Gasteiger partial charge is 0.508 e. The van der Waals surface area contributed by atoms with Gasteiger partial charge in [0.1, 0.15) is 11.8 Å². The van der Waals surface area contributed by atoms with E-state index in [9.17, 15) is 37.0 Å². The average molecular weight is 577 g/mol. The first-order valence-corrected chi connectivity index (χ1v) is 13.6. The van der Waals surface area contributed by atoms with E-state index in [2.05, 4.69) is 20.6 Å². The number of hydrogen-bond donors (Lipinski definition) is 5. The molecule has 12 nitrogen and oxygen atoms in total. The fourth-order valence-corrected chi connectivity index (χ4v) is 5.32. The lowest BCUT2D eigenvalue weighted by atomic mass is 10.0. The van der Waals surface area contributed by atoms with Crippen LogP contribution in [0.3, 0.4) is 0 Å². The van der Waals surface area contributed by atoms with E-state index in [-0.39, 0.29) is 22.4 Å². The fraction of sp³-hybridized carbons (Fsp3) is 0.280. The maximum atomic E-state index is 15.0. The number of phenolic OH excluding ortho intramolecular Hbond substituents is 1. The van der Waals surface area contributed by atoms with E-state index >= 15 is 0 Å². The number of sulfonamides is 1. The highest BCUT2D eigenvalue weighted by Crippen LogP contribution is 2.27. The number of hydrogen-bond acceptors (Lipinski definition) is 9. The first-order chi connectivity index (χ1) is 19.0. The molecule has 212 valence electrons. The van der Waals surface area contributed by atoms with Gasteiger partial charge in [0.2, 0.25) is 16.0 Å². The van der Waals surface area contributed by atoms with Crippen LogP contribution in [-0.4, -0.2) is 72.2 Å². The second-order valence-corrected chi connectivity index (χ2v) is 10.7. The number of piperidine rings is 1. The van der Waals surface area contributed by atoms with Crippen LogP contribution in [0.5, 0.6) is 5.75 Å². The Hall–Kier alpha value is -4.37. The number of phenols is 1. The molecule has 1 atom stereocenters. The van der Waals surface area contributed by atoms with Crippen molar-refractivity contribution < 1.29 is 37.0 Å². The summed E-state index contributed by atoms with van der Waals surface area (Å²) in [5.74, 6) is -5.09. The molecule has 1 fully saturated rings. The Kier molecular flexibility index (Phi) is 8.74. The number of nitrogens with zero attached hydrogens (tertiary/aromatic N) is 3. The Morgan fingerprint density at radius 3 is 2.30 bits per heavy atom. The summed E-state index contributed by atoms with van der Waals surface area (Å²) in [5, 5.41) is 24.1. The molecule has 0 radical (unpaired) electrons. The minimum Gasteiger partial charge on any atom is -0.508 e. The van der Waals surface area contributed by atoms with Crippen LogP contribution in [0.15, 0.2) is 59.8 Å². The molecule has 0 spiro atoms. The molecule has 40 heavy (non-hydrogen) atoms. The second kappa shape index (κ2) is 12.2. The van der Waals surface area contributed by atoms with E-state index in [0.717, 1.165) is 30.3 Å². The third-order valence-corrected chi connectivity index (χ3v) is 7.74. The highest BCUT2D eigenvalue weighted by atomic mass is 32.2. The second-order valence-electron chi connectivity index (χ2n) is 8.95. The van der Waals surface area contributed by atoms with Crippen LogP contribution in [0.25, 0.3) is 0 Å². The van der Waals surface area contributed by atoms with Gasteiger partial charge in [-0.1, -0.05) is 0 Å². The van der Waals surface area contributed by atoms with E-state index in [1.54, 1.807) is 23.4 Å². The van der Waals surface area contributed by atoms with Crippen molar-refractivity contribution in [2.24, 2.45) is 0 Å². The van der Waals surface area contributed by atoms with Crippen LogP contribution in [0.4, 0.5) is 20.4 Å². The van der Waals surface area contributed by atoms with Crippen molar-refractivity contribution >= 4 is 33.5 Å². The first kappa shape index (κ1) is 28.6. The van der Waals surface area contributed by atoms with Crippen molar-refractivity contribution in [2.45, 2.75) is 29.8 Å². The van der Waals surface area contributed by atoms with Gasteiger partial charge in [0.05, 0.1) is 16.1 Å². The summed E-state index contributed by atoms with van der Waals surface area (Å²) >= 11 is 0. The average Bonchev–Trinajstić information content (AvgIpc) is 2.93. The SMILES string of the molecule is O=C(NC[C@H](NS(=O)(=O)c1ccc(O)cc1)C(=O)O)c1ccc(N2CCC(Nc3ncccn3)CC2)c(F)c1F. The number of aliphatic carboxylic acids is 1. The first-order valence-electron chi connectivity index (χ1n) is 12.1. The fourth-order valence-electron chi connectivity index (χ4n) is 4.13. The summed E-state index contributed by atoms with van der Waals surface area (Å²) < 4.78 is 56.8. The number of nitrogens with one attached hydrogen (secondary N) is 3. The molecule has 1 aromatic heterocycles. The van der Waals surface area contributed by atoms with Gasteiger partial charge in [0.15, 0.2) is 11.6 Å². The molecule has 1 aliphatic rings. The summed E-state index contributed by atoms with van der Waals surface area (Å²) in [6, 6.07) is 6.61. The van der Waals surface area contributed by atoms with Crippen molar-refractivity contribution in [1.82, 2.24) is 20.0 Å². The van der Waals surface area contributed by atoms with Gasteiger partial charge < -0.3 is 25.7 Å². The molecule has 0 bridgehead atoms. The van der Waals surface area contributed by atoms with E-state index in [4.69, 9.17) is 0 Å². The Balaban J connectivity index is 1.37. The minimum atomic E-state index is -4.33. The van der Waals surface area contributed by atoms with Crippen LogP contribution in [0.1, 0.15) is 23.2 Å². The number of rotatable bonds is 10. The monoisotopic (exact) mass is 576 g/mol. The van der Waals surface area contributed by atoms with Crippen LogP contribution in [-0.2, 0) is 14.8 Å². The van der Waals surface area contributed by atoms with E-state index in [0.29, 0.717) is 31.9 Å².